The molecule has 0 spiro atoms. The van der Waals surface area contributed by atoms with E-state index >= 15 is 0 Å². The molecule has 1 fully saturated rings. The van der Waals surface area contributed by atoms with Crippen molar-refractivity contribution >= 4 is 5.78 Å². The van der Waals surface area contributed by atoms with Crippen LogP contribution in [0.25, 0.3) is 0 Å². The first-order valence-corrected chi connectivity index (χ1v) is 4.04. The summed E-state index contributed by atoms with van der Waals surface area (Å²) in [4.78, 5) is 11.0. The van der Waals surface area contributed by atoms with E-state index in [2.05, 4.69) is 20.8 Å². The summed E-state index contributed by atoms with van der Waals surface area (Å²) in [6.45, 7) is 8.26. The maximum absolute atomic E-state index is 11.0. The number of carbonyl (C=O) groups is 1. The third-order valence-electron chi connectivity index (χ3n) is 3.34. The molecule has 1 saturated carbocycles. The van der Waals surface area contributed by atoms with Crippen molar-refractivity contribution in [2.45, 2.75) is 34.1 Å². The summed E-state index contributed by atoms with van der Waals surface area (Å²) in [7, 11) is 0. The topological polar surface area (TPSA) is 17.1 Å². The summed E-state index contributed by atoms with van der Waals surface area (Å²) in [5.41, 5.74) is 0.339. The maximum atomic E-state index is 11.0. The maximum Gasteiger partial charge on any atom is 0.133 e. The van der Waals surface area contributed by atoms with E-state index in [1.807, 2.05) is 0 Å². The molecule has 0 N–H and O–H groups in total. The number of hydrogen-bond acceptors (Lipinski definition) is 1. The predicted octanol–water partition coefficient (Wildman–Crippen LogP) is 2.26. The fourth-order valence-corrected chi connectivity index (χ4v) is 2.16. The highest BCUT2D eigenvalue weighted by Gasteiger charge is 2.58. The Morgan fingerprint density at radius 3 is 2.20 bits per heavy atom. The molecular weight excluding hydrogens is 124 g/mol. The molecule has 0 aromatic carbocycles. The van der Waals surface area contributed by atoms with Crippen molar-refractivity contribution in [1.82, 2.24) is 0 Å². The van der Waals surface area contributed by atoms with Gasteiger partial charge >= 0.3 is 0 Å². The quantitative estimate of drug-likeness (QED) is 0.575. The van der Waals surface area contributed by atoms with E-state index in [-0.39, 0.29) is 0 Å². The summed E-state index contributed by atoms with van der Waals surface area (Å²) in [6.07, 6.45) is 1.14. The highest BCUT2D eigenvalue weighted by molar-refractivity contribution is 5.82. The first-order valence-electron chi connectivity index (χ1n) is 4.04. The second-order valence-corrected chi connectivity index (χ2v) is 3.74. The van der Waals surface area contributed by atoms with Gasteiger partial charge in [-0.3, -0.25) is 4.79 Å². The van der Waals surface area contributed by atoms with Gasteiger partial charge in [-0.1, -0.05) is 20.8 Å². The van der Waals surface area contributed by atoms with Crippen molar-refractivity contribution < 1.29 is 4.79 Å². The average molecular weight is 140 g/mol. The summed E-state index contributed by atoms with van der Waals surface area (Å²) >= 11 is 0. The Morgan fingerprint density at radius 2 is 2.10 bits per heavy atom. The normalized spacial score (nSPS) is 45.2. The van der Waals surface area contributed by atoms with Gasteiger partial charge in [0, 0.05) is 5.92 Å². The van der Waals surface area contributed by atoms with Crippen LogP contribution in [0, 0.1) is 17.3 Å². The lowest BCUT2D eigenvalue weighted by Gasteiger charge is -2.03. The highest BCUT2D eigenvalue weighted by atomic mass is 16.1. The molecule has 1 rings (SSSR count). The molecule has 1 heteroatoms. The fraction of sp³-hybridized carbons (Fsp3) is 0.889. The van der Waals surface area contributed by atoms with Crippen LogP contribution < -0.4 is 0 Å². The van der Waals surface area contributed by atoms with Crippen LogP contribution in [0.1, 0.15) is 34.1 Å². The second kappa shape index (κ2) is 2.08. The molecular formula is C9H16O. The molecule has 0 amide bonds. The zero-order valence-corrected chi connectivity index (χ0v) is 7.27. The lowest BCUT2D eigenvalue weighted by atomic mass is 10.0. The first kappa shape index (κ1) is 7.77. The fourth-order valence-electron chi connectivity index (χ4n) is 2.16. The minimum atomic E-state index is 0.339. The number of hydrogen-bond donors (Lipinski definition) is 0. The van der Waals surface area contributed by atoms with Crippen LogP contribution in [-0.2, 0) is 4.79 Å². The van der Waals surface area contributed by atoms with Crippen LogP contribution in [0.5, 0.6) is 0 Å². The van der Waals surface area contributed by atoms with Gasteiger partial charge in [0.25, 0.3) is 0 Å². The predicted molar refractivity (Wildman–Crippen MR) is 41.7 cm³/mol. The van der Waals surface area contributed by atoms with Gasteiger partial charge in [-0.05, 0) is 24.7 Å². The van der Waals surface area contributed by atoms with Gasteiger partial charge < -0.3 is 0 Å². The molecule has 1 nitrogen and oxygen atoms in total. The van der Waals surface area contributed by atoms with Crippen molar-refractivity contribution in [2.24, 2.45) is 17.3 Å². The van der Waals surface area contributed by atoms with Gasteiger partial charge in [-0.15, -0.1) is 0 Å². The van der Waals surface area contributed by atoms with Crippen LogP contribution in [0.4, 0.5) is 0 Å². The van der Waals surface area contributed by atoms with Crippen LogP contribution in [-0.4, -0.2) is 5.78 Å². The van der Waals surface area contributed by atoms with E-state index in [1.165, 1.54) is 0 Å². The smallest absolute Gasteiger partial charge is 0.133 e. The zero-order valence-electron chi connectivity index (χ0n) is 7.27. The number of carbonyl (C=O) groups excluding carboxylic acids is 1. The molecule has 58 valence electrons. The lowest BCUT2D eigenvalue weighted by Crippen LogP contribution is -2.02. The molecule has 0 radical (unpaired) electrons. The van der Waals surface area contributed by atoms with Gasteiger partial charge in [0.1, 0.15) is 5.78 Å². The standard InChI is InChI=1S/C9H16O/c1-5-9(4)6(2)8(9)7(3)10/h6,8H,5H2,1-4H3. The van der Waals surface area contributed by atoms with Crippen molar-refractivity contribution in [3.8, 4) is 0 Å². The van der Waals surface area contributed by atoms with E-state index in [0.29, 0.717) is 23.0 Å². The van der Waals surface area contributed by atoms with E-state index < -0.39 is 0 Å². The molecule has 0 heterocycles. The molecule has 10 heavy (non-hydrogen) atoms. The van der Waals surface area contributed by atoms with Gasteiger partial charge in [-0.2, -0.15) is 0 Å². The molecule has 0 saturated heterocycles. The first-order chi connectivity index (χ1) is 4.54. The van der Waals surface area contributed by atoms with Gasteiger partial charge in [0.15, 0.2) is 0 Å². The van der Waals surface area contributed by atoms with Gasteiger partial charge in [0.2, 0.25) is 0 Å². The molecule has 1 aliphatic rings. The van der Waals surface area contributed by atoms with E-state index in [0.717, 1.165) is 6.42 Å². The Bertz CT molecular complexity index is 162. The second-order valence-electron chi connectivity index (χ2n) is 3.74. The van der Waals surface area contributed by atoms with E-state index in [9.17, 15) is 4.79 Å². The Balaban J connectivity index is 2.64. The Hall–Kier alpha value is -0.330. The third kappa shape index (κ3) is 0.799. The summed E-state index contributed by atoms with van der Waals surface area (Å²) in [5, 5.41) is 0. The largest absolute Gasteiger partial charge is 0.300 e. The van der Waals surface area contributed by atoms with Crippen molar-refractivity contribution in [1.29, 1.82) is 0 Å². The van der Waals surface area contributed by atoms with Crippen LogP contribution >= 0.6 is 0 Å². The Kier molecular flexibility index (Phi) is 1.61. The SMILES string of the molecule is CCC1(C)C(C)C1C(C)=O. The minimum absolute atomic E-state index is 0.339. The molecule has 1 aliphatic carbocycles. The number of rotatable bonds is 2. The van der Waals surface area contributed by atoms with E-state index in [4.69, 9.17) is 0 Å². The summed E-state index contributed by atoms with van der Waals surface area (Å²) < 4.78 is 0. The minimum Gasteiger partial charge on any atom is -0.300 e. The Labute approximate surface area is 62.8 Å². The summed E-state index contributed by atoms with van der Waals surface area (Å²) in [6, 6.07) is 0. The van der Waals surface area contributed by atoms with E-state index in [1.54, 1.807) is 6.92 Å². The summed E-state index contributed by atoms with van der Waals surface area (Å²) in [5.74, 6) is 1.35. The molecule has 0 aromatic rings. The zero-order chi connectivity index (χ0) is 7.94. The number of Topliss-reactive ketones (excluding diaryl/α,β-unsaturated/α-hetero) is 1. The monoisotopic (exact) mass is 140 g/mol. The molecule has 0 bridgehead atoms. The van der Waals surface area contributed by atoms with Gasteiger partial charge in [-0.25, -0.2) is 0 Å². The lowest BCUT2D eigenvalue weighted by molar-refractivity contribution is -0.119. The number of ketones is 1. The van der Waals surface area contributed by atoms with Crippen molar-refractivity contribution in [2.75, 3.05) is 0 Å². The Morgan fingerprint density at radius 1 is 1.60 bits per heavy atom. The van der Waals surface area contributed by atoms with Crippen molar-refractivity contribution in [3.63, 3.8) is 0 Å². The highest BCUT2D eigenvalue weighted by Crippen LogP contribution is 2.60. The molecule has 0 aromatic heterocycles. The van der Waals surface area contributed by atoms with Crippen LogP contribution in [0.2, 0.25) is 0 Å². The molecule has 3 atom stereocenters. The molecule has 3 unspecified atom stereocenters. The third-order valence-corrected chi connectivity index (χ3v) is 3.34. The molecule has 0 aliphatic heterocycles. The average Bonchev–Trinajstić information content (AvgIpc) is 2.38. The van der Waals surface area contributed by atoms with Crippen molar-refractivity contribution in [3.05, 3.63) is 0 Å². The van der Waals surface area contributed by atoms with Crippen LogP contribution in [0.15, 0.2) is 0 Å². The van der Waals surface area contributed by atoms with Crippen LogP contribution in [0.3, 0.4) is 0 Å². The van der Waals surface area contributed by atoms with Gasteiger partial charge in [0.05, 0.1) is 0 Å².